The molecule has 0 saturated carbocycles. The Bertz CT molecular complexity index is 186. The van der Waals surface area contributed by atoms with Gasteiger partial charge in [-0.3, -0.25) is 4.79 Å². The van der Waals surface area contributed by atoms with Crippen LogP contribution in [0.25, 0.3) is 0 Å². The molecule has 0 aliphatic carbocycles. The molecule has 13 heavy (non-hydrogen) atoms. The van der Waals surface area contributed by atoms with Crippen LogP contribution in [0, 0.1) is 0 Å². The minimum atomic E-state index is -4.81. The molecule has 0 radical (unpaired) electrons. The topological polar surface area (TPSA) is 35.5 Å². The molecule has 0 aromatic carbocycles. The SMILES string of the molecule is CCC(=O)OC(C)(C)OC(F)(F)F. The van der Waals surface area contributed by atoms with E-state index >= 15 is 0 Å². The van der Waals surface area contributed by atoms with Gasteiger partial charge in [-0.2, -0.15) is 0 Å². The van der Waals surface area contributed by atoms with Gasteiger partial charge in [-0.1, -0.05) is 6.92 Å². The van der Waals surface area contributed by atoms with Gasteiger partial charge in [-0.25, -0.2) is 4.74 Å². The molecule has 0 spiro atoms. The first-order valence-corrected chi connectivity index (χ1v) is 3.65. The van der Waals surface area contributed by atoms with E-state index in [0.717, 1.165) is 13.8 Å². The van der Waals surface area contributed by atoms with E-state index in [1.165, 1.54) is 6.92 Å². The van der Waals surface area contributed by atoms with Crippen LogP contribution in [0.5, 0.6) is 0 Å². The largest absolute Gasteiger partial charge is 0.525 e. The fourth-order valence-electron chi connectivity index (χ4n) is 0.646. The Hall–Kier alpha value is -0.780. The van der Waals surface area contributed by atoms with Crippen molar-refractivity contribution in [2.45, 2.75) is 39.3 Å². The molecule has 0 aromatic heterocycles. The van der Waals surface area contributed by atoms with Crippen molar-refractivity contribution in [3.63, 3.8) is 0 Å². The van der Waals surface area contributed by atoms with E-state index in [1.807, 2.05) is 0 Å². The standard InChI is InChI=1S/C7H11F3O3/c1-4-5(11)12-6(2,3)13-7(8,9)10/h4H2,1-3H3. The summed E-state index contributed by atoms with van der Waals surface area (Å²) < 4.78 is 43.0. The van der Waals surface area contributed by atoms with Gasteiger partial charge in [0.25, 0.3) is 0 Å². The molecule has 0 amide bonds. The summed E-state index contributed by atoms with van der Waals surface area (Å²) >= 11 is 0. The molecule has 0 aromatic rings. The Morgan fingerprint density at radius 3 is 2.08 bits per heavy atom. The maximum absolute atomic E-state index is 11.7. The van der Waals surface area contributed by atoms with E-state index in [9.17, 15) is 18.0 Å². The monoisotopic (exact) mass is 200 g/mol. The molecule has 0 atom stereocenters. The smallest absolute Gasteiger partial charge is 0.433 e. The van der Waals surface area contributed by atoms with Crippen LogP contribution in [0.2, 0.25) is 0 Å². The first-order chi connectivity index (χ1) is 5.66. The third-order valence-corrected chi connectivity index (χ3v) is 1.01. The summed E-state index contributed by atoms with van der Waals surface area (Å²) in [4.78, 5) is 10.6. The lowest BCUT2D eigenvalue weighted by molar-refractivity contribution is -0.400. The number of rotatable bonds is 3. The quantitative estimate of drug-likeness (QED) is 0.517. The Morgan fingerprint density at radius 1 is 1.31 bits per heavy atom. The van der Waals surface area contributed by atoms with E-state index in [4.69, 9.17) is 0 Å². The summed E-state index contributed by atoms with van der Waals surface area (Å²) in [5, 5.41) is 0. The summed E-state index contributed by atoms with van der Waals surface area (Å²) in [6.07, 6.45) is -4.80. The van der Waals surface area contributed by atoms with Crippen LogP contribution in [-0.2, 0) is 14.3 Å². The van der Waals surface area contributed by atoms with Crippen LogP contribution in [0.3, 0.4) is 0 Å². The van der Waals surface area contributed by atoms with Crippen LogP contribution in [0.1, 0.15) is 27.2 Å². The molecule has 0 aliphatic rings. The van der Waals surface area contributed by atoms with Crippen LogP contribution < -0.4 is 0 Å². The van der Waals surface area contributed by atoms with Crippen molar-refractivity contribution < 1.29 is 27.4 Å². The number of halogens is 3. The molecule has 6 heteroatoms. The molecule has 0 bridgehead atoms. The van der Waals surface area contributed by atoms with E-state index in [-0.39, 0.29) is 6.42 Å². The Morgan fingerprint density at radius 2 is 1.77 bits per heavy atom. The van der Waals surface area contributed by atoms with Gasteiger partial charge in [-0.05, 0) is 0 Å². The van der Waals surface area contributed by atoms with Crippen molar-refractivity contribution in [2.75, 3.05) is 0 Å². The van der Waals surface area contributed by atoms with Gasteiger partial charge in [-0.15, -0.1) is 13.2 Å². The highest BCUT2D eigenvalue weighted by Gasteiger charge is 2.39. The Kier molecular flexibility index (Phi) is 3.71. The molecule has 0 aliphatic heterocycles. The van der Waals surface area contributed by atoms with Crippen molar-refractivity contribution in [1.29, 1.82) is 0 Å². The van der Waals surface area contributed by atoms with Gasteiger partial charge < -0.3 is 4.74 Å². The normalized spacial score (nSPS) is 12.8. The molecule has 0 heterocycles. The van der Waals surface area contributed by atoms with Crippen molar-refractivity contribution in [3.05, 3.63) is 0 Å². The molecule has 3 nitrogen and oxygen atoms in total. The second-order valence-electron chi connectivity index (χ2n) is 2.78. The summed E-state index contributed by atoms with van der Waals surface area (Å²) in [7, 11) is 0. The van der Waals surface area contributed by atoms with Crippen molar-refractivity contribution in [1.82, 2.24) is 0 Å². The maximum atomic E-state index is 11.7. The first-order valence-electron chi connectivity index (χ1n) is 3.65. The highest BCUT2D eigenvalue weighted by atomic mass is 19.4. The van der Waals surface area contributed by atoms with Crippen LogP contribution in [-0.4, -0.2) is 18.1 Å². The van der Waals surface area contributed by atoms with Gasteiger partial charge >= 0.3 is 12.3 Å². The summed E-state index contributed by atoms with van der Waals surface area (Å²) in [5.74, 6) is -2.71. The average Bonchev–Trinajstić information content (AvgIpc) is 1.80. The number of ether oxygens (including phenoxy) is 2. The first kappa shape index (κ1) is 12.2. The highest BCUT2D eigenvalue weighted by Crippen LogP contribution is 2.25. The van der Waals surface area contributed by atoms with E-state index in [2.05, 4.69) is 9.47 Å². The highest BCUT2D eigenvalue weighted by molar-refractivity contribution is 5.69. The molecular formula is C7H11F3O3. The van der Waals surface area contributed by atoms with E-state index < -0.39 is 18.1 Å². The van der Waals surface area contributed by atoms with Crippen molar-refractivity contribution in [3.8, 4) is 0 Å². The zero-order valence-corrected chi connectivity index (χ0v) is 7.57. The summed E-state index contributed by atoms with van der Waals surface area (Å²) in [6.45, 7) is 3.52. The lowest BCUT2D eigenvalue weighted by Crippen LogP contribution is -2.36. The zero-order valence-electron chi connectivity index (χ0n) is 7.57. The van der Waals surface area contributed by atoms with E-state index in [1.54, 1.807) is 0 Å². The van der Waals surface area contributed by atoms with Gasteiger partial charge in [0.2, 0.25) is 5.79 Å². The average molecular weight is 200 g/mol. The Balaban J connectivity index is 4.16. The lowest BCUT2D eigenvalue weighted by atomic mass is 10.4. The zero-order chi connectivity index (χ0) is 10.7. The molecule has 0 saturated heterocycles. The number of carbonyl (C=O) groups is 1. The molecule has 0 rings (SSSR count). The number of alkyl halides is 3. The minimum absolute atomic E-state index is 0.00461. The van der Waals surface area contributed by atoms with Crippen molar-refractivity contribution >= 4 is 5.97 Å². The van der Waals surface area contributed by atoms with Crippen molar-refractivity contribution in [2.24, 2.45) is 0 Å². The van der Waals surface area contributed by atoms with Gasteiger partial charge in [0.05, 0.1) is 0 Å². The third-order valence-electron chi connectivity index (χ3n) is 1.01. The maximum Gasteiger partial charge on any atom is 0.525 e. The van der Waals surface area contributed by atoms with Crippen LogP contribution in [0.4, 0.5) is 13.2 Å². The summed E-state index contributed by atoms with van der Waals surface area (Å²) in [6, 6.07) is 0. The number of esters is 1. The number of hydrogen-bond acceptors (Lipinski definition) is 3. The lowest BCUT2D eigenvalue weighted by Gasteiger charge is -2.25. The molecule has 0 N–H and O–H groups in total. The minimum Gasteiger partial charge on any atom is -0.433 e. The van der Waals surface area contributed by atoms with E-state index in [0.29, 0.717) is 0 Å². The number of carbonyl (C=O) groups excluding carboxylic acids is 1. The third kappa shape index (κ3) is 6.39. The molecule has 78 valence electrons. The Labute approximate surface area is 73.8 Å². The second-order valence-corrected chi connectivity index (χ2v) is 2.78. The molecule has 0 unspecified atom stereocenters. The summed E-state index contributed by atoms with van der Waals surface area (Å²) in [5.41, 5.74) is 0. The number of hydrogen-bond donors (Lipinski definition) is 0. The van der Waals surface area contributed by atoms with Crippen LogP contribution >= 0.6 is 0 Å². The predicted octanol–water partition coefficient (Wildman–Crippen LogP) is 2.21. The van der Waals surface area contributed by atoms with Crippen LogP contribution in [0.15, 0.2) is 0 Å². The molecular weight excluding hydrogens is 189 g/mol. The van der Waals surface area contributed by atoms with Gasteiger partial charge in [0.15, 0.2) is 0 Å². The van der Waals surface area contributed by atoms with Gasteiger partial charge in [0.1, 0.15) is 0 Å². The fourth-order valence-corrected chi connectivity index (χ4v) is 0.646. The fraction of sp³-hybridized carbons (Fsp3) is 0.857. The predicted molar refractivity (Wildman–Crippen MR) is 37.6 cm³/mol. The second kappa shape index (κ2) is 3.95. The van der Waals surface area contributed by atoms with Gasteiger partial charge in [0, 0.05) is 20.3 Å². The molecule has 0 fully saturated rings.